The van der Waals surface area contributed by atoms with Crippen molar-refractivity contribution in [3.63, 3.8) is 0 Å². The molecule has 0 aliphatic carbocycles. The van der Waals surface area contributed by atoms with Crippen LogP contribution in [0.3, 0.4) is 0 Å². The van der Waals surface area contributed by atoms with Gasteiger partial charge in [-0.15, -0.1) is 0 Å². The first-order chi connectivity index (χ1) is 8.28. The van der Waals surface area contributed by atoms with Gasteiger partial charge in [-0.05, 0) is 24.3 Å². The minimum atomic E-state index is 0.123. The Morgan fingerprint density at radius 1 is 1.18 bits per heavy atom. The van der Waals surface area contributed by atoms with Crippen LogP contribution in [0.2, 0.25) is 0 Å². The molecule has 0 saturated heterocycles. The standard InChI is InChI=1S/C12H10N2O3/c1-15-9-5-3-8(4-6-9)11-14-10(7-13)12(16-2)17-11/h3-6H,1-2H3. The summed E-state index contributed by atoms with van der Waals surface area (Å²) < 4.78 is 15.3. The van der Waals surface area contributed by atoms with Gasteiger partial charge in [-0.2, -0.15) is 10.2 Å². The molecule has 86 valence electrons. The van der Waals surface area contributed by atoms with Crippen molar-refractivity contribution < 1.29 is 13.9 Å². The highest BCUT2D eigenvalue weighted by Gasteiger charge is 2.14. The second-order valence-electron chi connectivity index (χ2n) is 3.20. The van der Waals surface area contributed by atoms with Gasteiger partial charge in [0.15, 0.2) is 0 Å². The molecule has 0 spiro atoms. The number of benzene rings is 1. The van der Waals surface area contributed by atoms with E-state index in [-0.39, 0.29) is 11.6 Å². The van der Waals surface area contributed by atoms with E-state index in [0.717, 1.165) is 11.3 Å². The van der Waals surface area contributed by atoms with Crippen molar-refractivity contribution in [1.82, 2.24) is 4.98 Å². The van der Waals surface area contributed by atoms with Gasteiger partial charge in [0.05, 0.1) is 14.2 Å². The van der Waals surface area contributed by atoms with E-state index in [1.165, 1.54) is 7.11 Å². The van der Waals surface area contributed by atoms with Crippen LogP contribution in [0.25, 0.3) is 11.5 Å². The van der Waals surface area contributed by atoms with Crippen molar-refractivity contribution in [2.75, 3.05) is 14.2 Å². The summed E-state index contributed by atoms with van der Waals surface area (Å²) in [4.78, 5) is 4.03. The third kappa shape index (κ3) is 2.06. The Morgan fingerprint density at radius 2 is 1.88 bits per heavy atom. The van der Waals surface area contributed by atoms with Crippen LogP contribution < -0.4 is 9.47 Å². The fraction of sp³-hybridized carbons (Fsp3) is 0.167. The van der Waals surface area contributed by atoms with Crippen LogP contribution in [0.1, 0.15) is 5.69 Å². The lowest BCUT2D eigenvalue weighted by Gasteiger charge is -1.99. The van der Waals surface area contributed by atoms with E-state index >= 15 is 0 Å². The second-order valence-corrected chi connectivity index (χ2v) is 3.20. The van der Waals surface area contributed by atoms with Gasteiger partial charge >= 0.3 is 5.95 Å². The zero-order valence-corrected chi connectivity index (χ0v) is 9.43. The monoisotopic (exact) mass is 230 g/mol. The van der Waals surface area contributed by atoms with Gasteiger partial charge in [-0.1, -0.05) is 0 Å². The number of nitriles is 1. The Morgan fingerprint density at radius 3 is 2.35 bits per heavy atom. The van der Waals surface area contributed by atoms with Crippen molar-refractivity contribution in [3.05, 3.63) is 30.0 Å². The van der Waals surface area contributed by atoms with E-state index in [4.69, 9.17) is 19.2 Å². The molecular weight excluding hydrogens is 220 g/mol. The molecule has 0 aliphatic heterocycles. The van der Waals surface area contributed by atoms with Crippen LogP contribution >= 0.6 is 0 Å². The SMILES string of the molecule is COc1ccc(-c2nc(C#N)c(OC)o2)cc1. The van der Waals surface area contributed by atoms with Gasteiger partial charge in [0, 0.05) is 5.56 Å². The molecule has 1 heterocycles. The molecule has 0 radical (unpaired) electrons. The Labute approximate surface area is 98.2 Å². The molecule has 1 aromatic carbocycles. The number of nitrogens with zero attached hydrogens (tertiary/aromatic N) is 2. The summed E-state index contributed by atoms with van der Waals surface area (Å²) in [7, 11) is 3.02. The molecule has 5 heteroatoms. The van der Waals surface area contributed by atoms with Gasteiger partial charge in [-0.25, -0.2) is 0 Å². The van der Waals surface area contributed by atoms with Crippen molar-refractivity contribution >= 4 is 0 Å². The molecule has 0 N–H and O–H groups in total. The van der Waals surface area contributed by atoms with E-state index in [0.29, 0.717) is 5.89 Å². The van der Waals surface area contributed by atoms with Gasteiger partial charge in [0.25, 0.3) is 0 Å². The maximum absolute atomic E-state index is 8.82. The van der Waals surface area contributed by atoms with Crippen LogP contribution in [0, 0.1) is 11.3 Å². The van der Waals surface area contributed by atoms with Crippen LogP contribution in [0.5, 0.6) is 11.7 Å². The molecule has 2 rings (SSSR count). The predicted octanol–water partition coefficient (Wildman–Crippen LogP) is 2.23. The second kappa shape index (κ2) is 4.58. The summed E-state index contributed by atoms with van der Waals surface area (Å²) in [6.07, 6.45) is 0. The van der Waals surface area contributed by atoms with Gasteiger partial charge in [0.1, 0.15) is 11.8 Å². The number of oxazole rings is 1. The fourth-order valence-corrected chi connectivity index (χ4v) is 1.37. The summed E-state index contributed by atoms with van der Waals surface area (Å²) in [6, 6.07) is 9.08. The number of hydrogen-bond donors (Lipinski definition) is 0. The van der Waals surface area contributed by atoms with Crippen molar-refractivity contribution in [2.24, 2.45) is 0 Å². The Balaban J connectivity index is 2.39. The van der Waals surface area contributed by atoms with Crippen molar-refractivity contribution in [1.29, 1.82) is 5.26 Å². The Kier molecular flexibility index (Phi) is 2.97. The fourth-order valence-electron chi connectivity index (χ4n) is 1.37. The number of aromatic nitrogens is 1. The number of rotatable bonds is 3. The highest BCUT2D eigenvalue weighted by Crippen LogP contribution is 2.27. The Bertz CT molecular complexity index is 552. The Hall–Kier alpha value is -2.48. The number of ether oxygens (including phenoxy) is 2. The third-order valence-electron chi connectivity index (χ3n) is 2.22. The van der Waals surface area contributed by atoms with Crippen LogP contribution in [0.4, 0.5) is 0 Å². The largest absolute Gasteiger partial charge is 0.497 e. The molecule has 5 nitrogen and oxygen atoms in total. The quantitative estimate of drug-likeness (QED) is 0.808. The average molecular weight is 230 g/mol. The molecule has 17 heavy (non-hydrogen) atoms. The van der Waals surface area contributed by atoms with Gasteiger partial charge in [0.2, 0.25) is 11.6 Å². The molecular formula is C12H10N2O3. The maximum Gasteiger partial charge on any atom is 0.324 e. The third-order valence-corrected chi connectivity index (χ3v) is 2.22. The lowest BCUT2D eigenvalue weighted by Crippen LogP contribution is -1.83. The van der Waals surface area contributed by atoms with E-state index in [1.807, 2.05) is 6.07 Å². The number of hydrogen-bond acceptors (Lipinski definition) is 5. The molecule has 0 bridgehead atoms. The van der Waals surface area contributed by atoms with Crippen molar-refractivity contribution in [2.45, 2.75) is 0 Å². The highest BCUT2D eigenvalue weighted by molar-refractivity contribution is 5.56. The first-order valence-electron chi connectivity index (χ1n) is 4.88. The van der Waals surface area contributed by atoms with Crippen LogP contribution in [-0.2, 0) is 0 Å². The molecule has 2 aromatic rings. The molecule has 0 atom stereocenters. The topological polar surface area (TPSA) is 68.3 Å². The zero-order chi connectivity index (χ0) is 12.3. The van der Waals surface area contributed by atoms with E-state index < -0.39 is 0 Å². The summed E-state index contributed by atoms with van der Waals surface area (Å²) in [5.41, 5.74) is 0.893. The van der Waals surface area contributed by atoms with E-state index in [2.05, 4.69) is 4.98 Å². The summed E-state index contributed by atoms with van der Waals surface area (Å²) in [5.74, 6) is 1.21. The summed E-state index contributed by atoms with van der Waals surface area (Å²) >= 11 is 0. The lowest BCUT2D eigenvalue weighted by atomic mass is 10.2. The predicted molar refractivity (Wildman–Crippen MR) is 59.8 cm³/mol. The van der Waals surface area contributed by atoms with Gasteiger partial charge < -0.3 is 13.9 Å². The maximum atomic E-state index is 8.82. The molecule has 0 fully saturated rings. The molecule has 1 aromatic heterocycles. The van der Waals surface area contributed by atoms with E-state index in [9.17, 15) is 0 Å². The van der Waals surface area contributed by atoms with Crippen LogP contribution in [0.15, 0.2) is 28.7 Å². The van der Waals surface area contributed by atoms with E-state index in [1.54, 1.807) is 31.4 Å². The molecule has 0 saturated carbocycles. The highest BCUT2D eigenvalue weighted by atomic mass is 16.6. The molecule has 0 amide bonds. The molecule has 0 unspecified atom stereocenters. The normalized spacial score (nSPS) is 9.71. The molecule has 0 aliphatic rings. The lowest BCUT2D eigenvalue weighted by molar-refractivity contribution is 0.308. The average Bonchev–Trinajstić information content (AvgIpc) is 2.82. The van der Waals surface area contributed by atoms with Gasteiger partial charge in [-0.3, -0.25) is 0 Å². The first kappa shape index (κ1) is 11.0. The number of methoxy groups -OCH3 is 2. The minimum absolute atomic E-state index is 0.123. The zero-order valence-electron chi connectivity index (χ0n) is 9.43. The minimum Gasteiger partial charge on any atom is -0.497 e. The van der Waals surface area contributed by atoms with Crippen LogP contribution in [-0.4, -0.2) is 19.2 Å². The first-order valence-corrected chi connectivity index (χ1v) is 4.88. The summed E-state index contributed by atoms with van der Waals surface area (Å²) in [5, 5.41) is 8.82. The smallest absolute Gasteiger partial charge is 0.324 e. The van der Waals surface area contributed by atoms with Crippen molar-refractivity contribution in [3.8, 4) is 29.2 Å². The summed E-state index contributed by atoms with van der Waals surface area (Å²) in [6.45, 7) is 0.